The van der Waals surface area contributed by atoms with Gasteiger partial charge in [0.25, 0.3) is 0 Å². The SMILES string of the molecule is CCC(CCCl)NCCOC. The molecule has 0 spiro atoms. The minimum absolute atomic E-state index is 0.558. The van der Waals surface area contributed by atoms with Crippen molar-refractivity contribution in [1.29, 1.82) is 0 Å². The Balaban J connectivity index is 3.20. The van der Waals surface area contributed by atoms with E-state index in [0.29, 0.717) is 6.04 Å². The van der Waals surface area contributed by atoms with Crippen LogP contribution in [0.1, 0.15) is 19.8 Å². The molecule has 11 heavy (non-hydrogen) atoms. The first-order valence-electron chi connectivity index (χ1n) is 4.13. The number of nitrogens with one attached hydrogen (secondary N) is 1. The summed E-state index contributed by atoms with van der Waals surface area (Å²) in [4.78, 5) is 0. The monoisotopic (exact) mass is 179 g/mol. The number of ether oxygens (including phenoxy) is 1. The van der Waals surface area contributed by atoms with Crippen LogP contribution in [0.25, 0.3) is 0 Å². The molecule has 0 bridgehead atoms. The van der Waals surface area contributed by atoms with Gasteiger partial charge in [-0.2, -0.15) is 0 Å². The van der Waals surface area contributed by atoms with Gasteiger partial charge in [-0.25, -0.2) is 0 Å². The zero-order valence-corrected chi connectivity index (χ0v) is 8.16. The minimum Gasteiger partial charge on any atom is -0.383 e. The number of halogens is 1. The number of rotatable bonds is 7. The van der Waals surface area contributed by atoms with E-state index in [1.807, 2.05) is 0 Å². The quantitative estimate of drug-likeness (QED) is 0.474. The molecular formula is C8H18ClNO. The highest BCUT2D eigenvalue weighted by atomic mass is 35.5. The molecule has 0 radical (unpaired) electrons. The average Bonchev–Trinajstić information content (AvgIpc) is 2.03. The summed E-state index contributed by atoms with van der Waals surface area (Å²) in [5.41, 5.74) is 0. The lowest BCUT2D eigenvalue weighted by atomic mass is 10.2. The summed E-state index contributed by atoms with van der Waals surface area (Å²) in [6, 6.07) is 0.558. The van der Waals surface area contributed by atoms with E-state index in [0.717, 1.165) is 31.9 Å². The number of methoxy groups -OCH3 is 1. The van der Waals surface area contributed by atoms with Crippen molar-refractivity contribution in [2.24, 2.45) is 0 Å². The molecule has 0 heterocycles. The summed E-state index contributed by atoms with van der Waals surface area (Å²) < 4.78 is 4.92. The molecule has 2 nitrogen and oxygen atoms in total. The molecule has 68 valence electrons. The van der Waals surface area contributed by atoms with E-state index in [9.17, 15) is 0 Å². The molecular weight excluding hydrogens is 162 g/mol. The summed E-state index contributed by atoms with van der Waals surface area (Å²) in [6.45, 7) is 3.86. The van der Waals surface area contributed by atoms with Gasteiger partial charge in [-0.3, -0.25) is 0 Å². The largest absolute Gasteiger partial charge is 0.383 e. The minimum atomic E-state index is 0.558. The van der Waals surface area contributed by atoms with Gasteiger partial charge in [0, 0.05) is 25.6 Å². The summed E-state index contributed by atoms with van der Waals surface area (Å²) in [7, 11) is 1.71. The van der Waals surface area contributed by atoms with Crippen molar-refractivity contribution in [3.63, 3.8) is 0 Å². The number of hydrogen-bond acceptors (Lipinski definition) is 2. The predicted octanol–water partition coefficient (Wildman–Crippen LogP) is 1.63. The summed E-state index contributed by atoms with van der Waals surface area (Å²) in [6.07, 6.45) is 2.18. The molecule has 3 heteroatoms. The van der Waals surface area contributed by atoms with Crippen molar-refractivity contribution in [3.8, 4) is 0 Å². The highest BCUT2D eigenvalue weighted by molar-refractivity contribution is 6.17. The van der Waals surface area contributed by atoms with Gasteiger partial charge in [0.2, 0.25) is 0 Å². The Kier molecular flexibility index (Phi) is 8.47. The molecule has 0 saturated carbocycles. The van der Waals surface area contributed by atoms with E-state index in [1.165, 1.54) is 0 Å². The Morgan fingerprint density at radius 2 is 2.27 bits per heavy atom. The van der Waals surface area contributed by atoms with Crippen LogP contribution in [0, 0.1) is 0 Å². The van der Waals surface area contributed by atoms with Crippen molar-refractivity contribution in [2.75, 3.05) is 26.1 Å². The van der Waals surface area contributed by atoms with Gasteiger partial charge in [-0.15, -0.1) is 11.6 Å². The van der Waals surface area contributed by atoms with Crippen LogP contribution in [0.5, 0.6) is 0 Å². The molecule has 0 saturated heterocycles. The third kappa shape index (κ3) is 6.60. The fraction of sp³-hybridized carbons (Fsp3) is 1.00. The molecule has 0 rings (SSSR count). The van der Waals surface area contributed by atoms with Gasteiger partial charge in [0.1, 0.15) is 0 Å². The first-order chi connectivity index (χ1) is 5.35. The Bertz CT molecular complexity index is 80.5. The molecule has 1 unspecified atom stereocenters. The van der Waals surface area contributed by atoms with Gasteiger partial charge in [0.15, 0.2) is 0 Å². The van der Waals surface area contributed by atoms with Crippen LogP contribution in [-0.4, -0.2) is 32.2 Å². The van der Waals surface area contributed by atoms with Crippen LogP contribution < -0.4 is 5.32 Å². The van der Waals surface area contributed by atoms with Crippen molar-refractivity contribution < 1.29 is 4.74 Å². The van der Waals surface area contributed by atoms with Gasteiger partial charge >= 0.3 is 0 Å². The second-order valence-electron chi connectivity index (χ2n) is 2.53. The van der Waals surface area contributed by atoms with E-state index in [1.54, 1.807) is 7.11 Å². The lowest BCUT2D eigenvalue weighted by Gasteiger charge is -2.14. The van der Waals surface area contributed by atoms with Crippen molar-refractivity contribution in [3.05, 3.63) is 0 Å². The van der Waals surface area contributed by atoms with Crippen molar-refractivity contribution in [1.82, 2.24) is 5.32 Å². The third-order valence-corrected chi connectivity index (χ3v) is 1.91. The Labute approximate surface area is 74.3 Å². The topological polar surface area (TPSA) is 21.3 Å². The van der Waals surface area contributed by atoms with Crippen LogP contribution in [0.4, 0.5) is 0 Å². The molecule has 0 aromatic heterocycles. The van der Waals surface area contributed by atoms with Gasteiger partial charge in [-0.1, -0.05) is 6.92 Å². The molecule has 0 aromatic rings. The van der Waals surface area contributed by atoms with Crippen molar-refractivity contribution >= 4 is 11.6 Å². The molecule has 0 aromatic carbocycles. The van der Waals surface area contributed by atoms with Gasteiger partial charge < -0.3 is 10.1 Å². The third-order valence-electron chi connectivity index (χ3n) is 1.69. The highest BCUT2D eigenvalue weighted by Gasteiger charge is 2.02. The molecule has 0 aliphatic rings. The maximum absolute atomic E-state index is 5.62. The Morgan fingerprint density at radius 3 is 2.73 bits per heavy atom. The van der Waals surface area contributed by atoms with Crippen molar-refractivity contribution in [2.45, 2.75) is 25.8 Å². The summed E-state index contributed by atoms with van der Waals surface area (Å²) in [5.74, 6) is 0.735. The fourth-order valence-corrected chi connectivity index (χ4v) is 1.21. The molecule has 1 N–H and O–H groups in total. The second-order valence-corrected chi connectivity index (χ2v) is 2.91. The lowest BCUT2D eigenvalue weighted by molar-refractivity contribution is 0.195. The predicted molar refractivity (Wildman–Crippen MR) is 49.3 cm³/mol. The zero-order valence-electron chi connectivity index (χ0n) is 7.40. The van der Waals surface area contributed by atoms with Crippen LogP contribution in [-0.2, 0) is 4.74 Å². The lowest BCUT2D eigenvalue weighted by Crippen LogP contribution is -2.31. The van der Waals surface area contributed by atoms with Crippen LogP contribution in [0.3, 0.4) is 0 Å². The number of alkyl halides is 1. The first kappa shape index (κ1) is 11.2. The smallest absolute Gasteiger partial charge is 0.0587 e. The standard InChI is InChI=1S/C8H18ClNO/c1-3-8(4-5-9)10-6-7-11-2/h8,10H,3-7H2,1-2H3. The van der Waals surface area contributed by atoms with E-state index in [4.69, 9.17) is 16.3 Å². The Morgan fingerprint density at radius 1 is 1.55 bits per heavy atom. The molecule has 0 fully saturated rings. The second kappa shape index (κ2) is 8.31. The van der Waals surface area contributed by atoms with Crippen LogP contribution in [0.15, 0.2) is 0 Å². The average molecular weight is 180 g/mol. The molecule has 0 aliphatic carbocycles. The van der Waals surface area contributed by atoms with E-state index in [2.05, 4.69) is 12.2 Å². The maximum atomic E-state index is 5.62. The van der Waals surface area contributed by atoms with E-state index >= 15 is 0 Å². The normalized spacial score (nSPS) is 13.4. The first-order valence-corrected chi connectivity index (χ1v) is 4.66. The fourth-order valence-electron chi connectivity index (χ4n) is 0.947. The van der Waals surface area contributed by atoms with Crippen LogP contribution >= 0.6 is 11.6 Å². The van der Waals surface area contributed by atoms with E-state index in [-0.39, 0.29) is 0 Å². The molecule has 0 aliphatic heterocycles. The maximum Gasteiger partial charge on any atom is 0.0587 e. The molecule has 1 atom stereocenters. The number of hydrogen-bond donors (Lipinski definition) is 1. The zero-order chi connectivity index (χ0) is 8.53. The Hall–Kier alpha value is 0.210. The molecule has 0 amide bonds. The van der Waals surface area contributed by atoms with Gasteiger partial charge in [0.05, 0.1) is 6.61 Å². The van der Waals surface area contributed by atoms with Crippen LogP contribution in [0.2, 0.25) is 0 Å². The summed E-state index contributed by atoms with van der Waals surface area (Å²) >= 11 is 5.62. The van der Waals surface area contributed by atoms with Gasteiger partial charge in [-0.05, 0) is 12.8 Å². The highest BCUT2D eigenvalue weighted by Crippen LogP contribution is 1.98. The summed E-state index contributed by atoms with van der Waals surface area (Å²) in [5, 5.41) is 3.36. The van der Waals surface area contributed by atoms with E-state index < -0.39 is 0 Å².